The zero-order chi connectivity index (χ0) is 20.3. The van der Waals surface area contributed by atoms with Gasteiger partial charge in [-0.25, -0.2) is 4.98 Å². The van der Waals surface area contributed by atoms with E-state index in [2.05, 4.69) is 34.3 Å². The minimum Gasteiger partial charge on any atom is -0.431 e. The van der Waals surface area contributed by atoms with Gasteiger partial charge in [-0.2, -0.15) is 13.9 Å². The van der Waals surface area contributed by atoms with Gasteiger partial charge in [-0.05, 0) is 50.2 Å². The predicted octanol–water partition coefficient (Wildman–Crippen LogP) is 4.24. The Morgan fingerprint density at radius 1 is 1.31 bits per heavy atom. The lowest BCUT2D eigenvalue weighted by atomic mass is 9.79. The number of ether oxygens (including phenoxy) is 2. The normalized spacial score (nSPS) is 27.7. The van der Waals surface area contributed by atoms with Crippen molar-refractivity contribution in [3.8, 4) is 17.0 Å². The SMILES string of the molecule is CCC(C)n1nc(-c2cnc(N)c(OC(F)F)c2)cc1C1[C@H]2CC3(COC3)C[C@@H]12. The number of hydrogen-bond acceptors (Lipinski definition) is 5. The summed E-state index contributed by atoms with van der Waals surface area (Å²) in [6.07, 6.45) is 5.00. The quantitative estimate of drug-likeness (QED) is 0.779. The summed E-state index contributed by atoms with van der Waals surface area (Å²) < 4.78 is 37.4. The summed E-state index contributed by atoms with van der Waals surface area (Å²) in [6, 6.07) is 3.86. The molecule has 1 saturated heterocycles. The molecule has 29 heavy (non-hydrogen) atoms. The molecule has 0 radical (unpaired) electrons. The molecule has 156 valence electrons. The predicted molar refractivity (Wildman–Crippen MR) is 104 cm³/mol. The van der Waals surface area contributed by atoms with Crippen LogP contribution in [0.5, 0.6) is 5.75 Å². The Morgan fingerprint density at radius 2 is 2.03 bits per heavy atom. The summed E-state index contributed by atoms with van der Waals surface area (Å²) in [5.41, 5.74) is 8.70. The summed E-state index contributed by atoms with van der Waals surface area (Å²) in [5.74, 6) is 1.75. The molecule has 2 aromatic heterocycles. The van der Waals surface area contributed by atoms with Gasteiger partial charge in [0.1, 0.15) is 0 Å². The van der Waals surface area contributed by atoms with Gasteiger partial charge in [-0.1, -0.05) is 6.92 Å². The van der Waals surface area contributed by atoms with Crippen LogP contribution in [0.15, 0.2) is 18.3 Å². The van der Waals surface area contributed by atoms with Crippen LogP contribution in [-0.2, 0) is 4.74 Å². The number of hydrogen-bond donors (Lipinski definition) is 1. The summed E-state index contributed by atoms with van der Waals surface area (Å²) in [6.45, 7) is 3.17. The third-order valence-electron chi connectivity index (χ3n) is 6.99. The van der Waals surface area contributed by atoms with Crippen LogP contribution < -0.4 is 10.5 Å². The van der Waals surface area contributed by atoms with Crippen LogP contribution in [0.4, 0.5) is 14.6 Å². The smallest absolute Gasteiger partial charge is 0.387 e. The molecular formula is C21H26F2N4O2. The van der Waals surface area contributed by atoms with E-state index in [0.29, 0.717) is 28.7 Å². The highest BCUT2D eigenvalue weighted by Gasteiger charge is 2.64. The molecule has 0 amide bonds. The number of alkyl halides is 2. The highest BCUT2D eigenvalue weighted by molar-refractivity contribution is 5.64. The first kappa shape index (κ1) is 18.8. The highest BCUT2D eigenvalue weighted by atomic mass is 19.3. The molecule has 5 rings (SSSR count). The van der Waals surface area contributed by atoms with E-state index < -0.39 is 6.61 Å². The Labute approximate surface area is 168 Å². The first-order valence-corrected chi connectivity index (χ1v) is 10.3. The van der Waals surface area contributed by atoms with Gasteiger partial charge in [0.25, 0.3) is 0 Å². The number of aromatic nitrogens is 3. The number of halogens is 2. The first-order valence-electron chi connectivity index (χ1n) is 10.3. The Bertz CT molecular complexity index is 913. The Balaban J connectivity index is 1.45. The third-order valence-corrected chi connectivity index (χ3v) is 6.99. The fourth-order valence-corrected chi connectivity index (χ4v) is 5.26. The summed E-state index contributed by atoms with van der Waals surface area (Å²) >= 11 is 0. The number of nitrogens with zero attached hydrogens (tertiary/aromatic N) is 3. The molecule has 2 N–H and O–H groups in total. The molecule has 2 aromatic rings. The zero-order valence-electron chi connectivity index (χ0n) is 16.6. The molecule has 0 aromatic carbocycles. The number of fused-ring (bicyclic) bond motifs is 1. The van der Waals surface area contributed by atoms with Crippen LogP contribution in [-0.4, -0.2) is 34.6 Å². The maximum atomic E-state index is 12.7. The van der Waals surface area contributed by atoms with Crippen molar-refractivity contribution in [3.63, 3.8) is 0 Å². The van der Waals surface area contributed by atoms with E-state index in [-0.39, 0.29) is 17.6 Å². The fourth-order valence-electron chi connectivity index (χ4n) is 5.26. The minimum atomic E-state index is -2.95. The number of nitrogen functional groups attached to an aromatic ring is 1. The van der Waals surface area contributed by atoms with Crippen molar-refractivity contribution in [2.45, 2.75) is 51.7 Å². The van der Waals surface area contributed by atoms with Gasteiger partial charge in [0.05, 0.1) is 18.9 Å². The fraction of sp³-hybridized carbons (Fsp3) is 0.619. The van der Waals surface area contributed by atoms with Gasteiger partial charge in [0, 0.05) is 34.8 Å². The number of rotatable bonds is 6. The topological polar surface area (TPSA) is 75.2 Å². The van der Waals surface area contributed by atoms with E-state index in [9.17, 15) is 8.78 Å². The largest absolute Gasteiger partial charge is 0.431 e. The van der Waals surface area contributed by atoms with Gasteiger partial charge in [0.15, 0.2) is 11.6 Å². The zero-order valence-corrected chi connectivity index (χ0v) is 16.6. The number of anilines is 1. The first-order chi connectivity index (χ1) is 13.9. The molecule has 3 aliphatic rings. The van der Waals surface area contributed by atoms with E-state index in [4.69, 9.17) is 15.6 Å². The molecule has 2 unspecified atom stereocenters. The van der Waals surface area contributed by atoms with E-state index >= 15 is 0 Å². The average Bonchev–Trinajstić information content (AvgIpc) is 3.03. The van der Waals surface area contributed by atoms with Crippen molar-refractivity contribution < 1.29 is 18.3 Å². The van der Waals surface area contributed by atoms with Crippen LogP contribution >= 0.6 is 0 Å². The third kappa shape index (κ3) is 3.08. The minimum absolute atomic E-state index is 0.0552. The molecule has 3 fully saturated rings. The summed E-state index contributed by atoms with van der Waals surface area (Å²) in [4.78, 5) is 4.02. The molecule has 1 aliphatic heterocycles. The molecule has 8 heteroatoms. The maximum Gasteiger partial charge on any atom is 0.387 e. The van der Waals surface area contributed by atoms with E-state index in [1.165, 1.54) is 24.6 Å². The van der Waals surface area contributed by atoms with Crippen molar-refractivity contribution in [2.75, 3.05) is 18.9 Å². The monoisotopic (exact) mass is 404 g/mol. The van der Waals surface area contributed by atoms with Crippen molar-refractivity contribution in [2.24, 2.45) is 17.3 Å². The lowest BCUT2D eigenvalue weighted by Crippen LogP contribution is -2.41. The van der Waals surface area contributed by atoms with Crippen LogP contribution in [0.3, 0.4) is 0 Å². The van der Waals surface area contributed by atoms with E-state index in [0.717, 1.165) is 25.3 Å². The molecule has 1 spiro atoms. The van der Waals surface area contributed by atoms with E-state index in [1.54, 1.807) is 6.20 Å². The van der Waals surface area contributed by atoms with Crippen molar-refractivity contribution in [3.05, 3.63) is 24.0 Å². The van der Waals surface area contributed by atoms with Gasteiger partial charge >= 0.3 is 6.61 Å². The van der Waals surface area contributed by atoms with Gasteiger partial charge in [-0.3, -0.25) is 4.68 Å². The molecule has 4 atom stereocenters. The van der Waals surface area contributed by atoms with Crippen LogP contribution in [0.1, 0.15) is 50.8 Å². The lowest BCUT2D eigenvalue weighted by Gasteiger charge is -2.40. The molecular weight excluding hydrogens is 378 g/mol. The van der Waals surface area contributed by atoms with Gasteiger partial charge in [0.2, 0.25) is 0 Å². The van der Waals surface area contributed by atoms with Crippen LogP contribution in [0.25, 0.3) is 11.3 Å². The highest BCUT2D eigenvalue weighted by Crippen LogP contribution is 2.70. The molecule has 0 bridgehead atoms. The molecule has 6 nitrogen and oxygen atoms in total. The van der Waals surface area contributed by atoms with Crippen molar-refractivity contribution >= 4 is 5.82 Å². The second-order valence-electron chi connectivity index (χ2n) is 8.90. The average molecular weight is 404 g/mol. The number of pyridine rings is 1. The lowest BCUT2D eigenvalue weighted by molar-refractivity contribution is -0.115. The Hall–Kier alpha value is -2.22. The standard InChI is InChI=1S/C21H26F2N4O2/c1-3-11(2)27-16(18-13-6-21(7-14(13)18)9-28-10-21)5-15(26-27)12-4-17(29-20(22)23)19(24)25-8-12/h4-5,8,11,13-14,18,20H,3,6-7,9-10H2,1-2H3,(H2,24,25)/t11?,13-,14+,18?. The van der Waals surface area contributed by atoms with Gasteiger partial charge < -0.3 is 15.2 Å². The Kier molecular flexibility index (Phi) is 4.31. The molecule has 2 aliphatic carbocycles. The molecule has 2 saturated carbocycles. The number of nitrogens with two attached hydrogens (primary N) is 1. The van der Waals surface area contributed by atoms with Crippen LogP contribution in [0, 0.1) is 17.3 Å². The Morgan fingerprint density at radius 3 is 2.62 bits per heavy atom. The van der Waals surface area contributed by atoms with Crippen molar-refractivity contribution in [1.29, 1.82) is 0 Å². The van der Waals surface area contributed by atoms with E-state index in [1.807, 2.05) is 0 Å². The van der Waals surface area contributed by atoms with Gasteiger partial charge in [-0.15, -0.1) is 0 Å². The van der Waals surface area contributed by atoms with Crippen molar-refractivity contribution in [1.82, 2.24) is 14.8 Å². The van der Waals surface area contributed by atoms with Crippen LogP contribution in [0.2, 0.25) is 0 Å². The maximum absolute atomic E-state index is 12.7. The summed E-state index contributed by atoms with van der Waals surface area (Å²) in [7, 11) is 0. The second kappa shape index (κ2) is 6.65. The summed E-state index contributed by atoms with van der Waals surface area (Å²) in [5, 5.41) is 4.83. The molecule has 3 heterocycles. The second-order valence-corrected chi connectivity index (χ2v) is 8.90.